The molecule has 0 atom stereocenters. The zero-order valence-electron chi connectivity index (χ0n) is 11.9. The lowest BCUT2D eigenvalue weighted by atomic mass is 10.1. The van der Waals surface area contributed by atoms with E-state index in [0.29, 0.717) is 12.5 Å². The molecule has 1 fully saturated rings. The molecule has 0 spiro atoms. The second-order valence-electron chi connectivity index (χ2n) is 5.00. The van der Waals surface area contributed by atoms with Crippen LogP contribution in [0, 0.1) is 0 Å². The zero-order valence-corrected chi connectivity index (χ0v) is 15.2. The summed E-state index contributed by atoms with van der Waals surface area (Å²) in [4.78, 5) is 13.1. The summed E-state index contributed by atoms with van der Waals surface area (Å²) in [7, 11) is 0. The fourth-order valence-corrected chi connectivity index (χ4v) is 3.34. The van der Waals surface area contributed by atoms with Gasteiger partial charge in [-0.3, -0.25) is 4.79 Å². The Balaban J connectivity index is 0.00000220. The second kappa shape index (κ2) is 10.5. The van der Waals surface area contributed by atoms with Crippen LogP contribution in [0.2, 0.25) is 0 Å². The number of hydrogen-bond acceptors (Lipinski definition) is 3. The molecule has 1 aliphatic rings. The first-order chi connectivity index (χ1) is 9.74. The molecule has 0 bridgehead atoms. The third kappa shape index (κ3) is 7.54. The number of amides is 1. The Morgan fingerprint density at radius 2 is 1.95 bits per heavy atom. The molecule has 0 saturated carbocycles. The minimum Gasteiger partial charge on any atom is -0.353 e. The van der Waals surface area contributed by atoms with E-state index >= 15 is 0 Å². The van der Waals surface area contributed by atoms with E-state index in [-0.39, 0.29) is 18.3 Å². The summed E-state index contributed by atoms with van der Waals surface area (Å²) < 4.78 is 1.10. The number of benzene rings is 1. The van der Waals surface area contributed by atoms with Crippen LogP contribution in [0.25, 0.3) is 0 Å². The first kappa shape index (κ1) is 18.8. The van der Waals surface area contributed by atoms with E-state index < -0.39 is 0 Å². The molecule has 1 saturated heterocycles. The van der Waals surface area contributed by atoms with Gasteiger partial charge in [-0.25, -0.2) is 0 Å². The highest BCUT2D eigenvalue weighted by Crippen LogP contribution is 2.21. The minimum atomic E-state index is 0. The molecule has 1 aromatic carbocycles. The molecule has 0 radical (unpaired) electrons. The normalized spacial score (nSPS) is 15.3. The van der Waals surface area contributed by atoms with Gasteiger partial charge in [0.2, 0.25) is 5.91 Å². The van der Waals surface area contributed by atoms with E-state index in [1.807, 2.05) is 12.1 Å². The van der Waals surface area contributed by atoms with Gasteiger partial charge in [-0.1, -0.05) is 15.9 Å². The molecule has 1 heterocycles. The van der Waals surface area contributed by atoms with E-state index in [1.165, 1.54) is 4.90 Å². The molecule has 21 heavy (non-hydrogen) atoms. The van der Waals surface area contributed by atoms with Gasteiger partial charge >= 0.3 is 0 Å². The average Bonchev–Trinajstić information content (AvgIpc) is 2.46. The molecule has 0 aromatic heterocycles. The largest absolute Gasteiger partial charge is 0.353 e. The lowest BCUT2D eigenvalue weighted by Gasteiger charge is -2.23. The molecule has 2 rings (SSSR count). The van der Waals surface area contributed by atoms with Crippen LogP contribution in [0.15, 0.2) is 33.6 Å². The summed E-state index contributed by atoms with van der Waals surface area (Å²) >= 11 is 5.23. The van der Waals surface area contributed by atoms with Gasteiger partial charge < -0.3 is 10.6 Å². The Bertz CT molecular complexity index is 424. The van der Waals surface area contributed by atoms with Crippen LogP contribution in [0.4, 0.5) is 0 Å². The average molecular weight is 394 g/mol. The molecule has 1 amide bonds. The van der Waals surface area contributed by atoms with Gasteiger partial charge in [0, 0.05) is 21.8 Å². The fourth-order valence-electron chi connectivity index (χ4n) is 2.22. The predicted molar refractivity (Wildman–Crippen MR) is 95.4 cm³/mol. The Morgan fingerprint density at radius 3 is 2.62 bits per heavy atom. The highest BCUT2D eigenvalue weighted by atomic mass is 79.9. The van der Waals surface area contributed by atoms with Crippen molar-refractivity contribution in [3.8, 4) is 0 Å². The van der Waals surface area contributed by atoms with Crippen LogP contribution < -0.4 is 10.6 Å². The lowest BCUT2D eigenvalue weighted by molar-refractivity contribution is -0.121. The molecule has 1 aliphatic heterocycles. The van der Waals surface area contributed by atoms with Crippen LogP contribution in [0.5, 0.6) is 0 Å². The van der Waals surface area contributed by atoms with E-state index in [4.69, 9.17) is 0 Å². The van der Waals surface area contributed by atoms with Gasteiger partial charge in [-0.2, -0.15) is 0 Å². The van der Waals surface area contributed by atoms with Crippen molar-refractivity contribution in [3.05, 3.63) is 28.7 Å². The van der Waals surface area contributed by atoms with E-state index in [2.05, 4.69) is 38.7 Å². The van der Waals surface area contributed by atoms with Gasteiger partial charge in [-0.15, -0.1) is 24.2 Å². The van der Waals surface area contributed by atoms with E-state index in [9.17, 15) is 4.79 Å². The summed E-state index contributed by atoms with van der Waals surface area (Å²) in [5, 5.41) is 6.43. The van der Waals surface area contributed by atoms with Gasteiger partial charge in [-0.05, 0) is 62.4 Å². The number of halogens is 2. The zero-order chi connectivity index (χ0) is 14.2. The summed E-state index contributed by atoms with van der Waals surface area (Å²) in [5.74, 6) is 1.19. The number of rotatable bonds is 6. The molecule has 3 nitrogen and oxygen atoms in total. The maximum absolute atomic E-state index is 11.8. The monoisotopic (exact) mass is 392 g/mol. The summed E-state index contributed by atoms with van der Waals surface area (Å²) in [6, 6.07) is 8.68. The summed E-state index contributed by atoms with van der Waals surface area (Å²) in [6.07, 6.45) is 3.67. The topological polar surface area (TPSA) is 41.1 Å². The second-order valence-corrected chi connectivity index (χ2v) is 7.08. The summed E-state index contributed by atoms with van der Waals surface area (Å²) in [6.45, 7) is 2.04. The van der Waals surface area contributed by atoms with Crippen molar-refractivity contribution in [1.82, 2.24) is 10.6 Å². The summed E-state index contributed by atoms with van der Waals surface area (Å²) in [5.41, 5.74) is 0. The smallest absolute Gasteiger partial charge is 0.220 e. The van der Waals surface area contributed by atoms with Crippen LogP contribution >= 0.6 is 40.1 Å². The maximum atomic E-state index is 11.8. The quantitative estimate of drug-likeness (QED) is 0.573. The van der Waals surface area contributed by atoms with Crippen molar-refractivity contribution in [1.29, 1.82) is 0 Å². The Kier molecular flexibility index (Phi) is 9.40. The van der Waals surface area contributed by atoms with E-state index in [1.54, 1.807) is 11.8 Å². The molecular formula is C15H22BrClN2OS. The van der Waals surface area contributed by atoms with Crippen molar-refractivity contribution in [2.45, 2.75) is 36.6 Å². The number of hydrogen-bond donors (Lipinski definition) is 2. The van der Waals surface area contributed by atoms with Crippen molar-refractivity contribution in [2.75, 3.05) is 18.8 Å². The highest BCUT2D eigenvalue weighted by molar-refractivity contribution is 9.10. The van der Waals surface area contributed by atoms with Gasteiger partial charge in [0.1, 0.15) is 0 Å². The van der Waals surface area contributed by atoms with Crippen LogP contribution in [-0.4, -0.2) is 30.8 Å². The van der Waals surface area contributed by atoms with Crippen LogP contribution in [-0.2, 0) is 4.79 Å². The molecule has 1 aromatic rings. The predicted octanol–water partition coefficient (Wildman–Crippen LogP) is 3.61. The van der Waals surface area contributed by atoms with Gasteiger partial charge in [0.25, 0.3) is 0 Å². The van der Waals surface area contributed by atoms with E-state index in [0.717, 1.165) is 42.6 Å². The third-order valence-corrected chi connectivity index (χ3v) is 4.96. The molecule has 6 heteroatoms. The van der Waals surface area contributed by atoms with Crippen molar-refractivity contribution in [2.24, 2.45) is 0 Å². The van der Waals surface area contributed by atoms with Crippen LogP contribution in [0.1, 0.15) is 25.7 Å². The SMILES string of the molecule is Cl.O=C(CCCSc1ccc(Br)cc1)NC1CCNCC1. The van der Waals surface area contributed by atoms with Crippen molar-refractivity contribution in [3.63, 3.8) is 0 Å². The Labute approximate surface area is 145 Å². The lowest BCUT2D eigenvalue weighted by Crippen LogP contribution is -2.42. The molecule has 118 valence electrons. The van der Waals surface area contributed by atoms with Gasteiger partial charge in [0.05, 0.1) is 0 Å². The molecule has 0 unspecified atom stereocenters. The first-order valence-corrected chi connectivity index (χ1v) is 8.90. The molecule has 0 aliphatic carbocycles. The molecular weight excluding hydrogens is 372 g/mol. The molecule has 2 N–H and O–H groups in total. The number of nitrogens with one attached hydrogen (secondary N) is 2. The number of piperidine rings is 1. The van der Waals surface area contributed by atoms with Crippen molar-refractivity contribution >= 4 is 46.0 Å². The fraction of sp³-hybridized carbons (Fsp3) is 0.533. The minimum absolute atomic E-state index is 0. The third-order valence-electron chi connectivity index (χ3n) is 3.33. The number of carbonyl (C=O) groups excluding carboxylic acids is 1. The standard InChI is InChI=1S/C15H21BrN2OS.ClH/c16-12-3-5-14(6-4-12)20-11-1-2-15(19)18-13-7-9-17-10-8-13;/h3-6,13,17H,1-2,7-11H2,(H,18,19);1H. The first-order valence-electron chi connectivity index (χ1n) is 7.12. The number of thioether (sulfide) groups is 1. The Hall–Kier alpha value is -0.230. The van der Waals surface area contributed by atoms with Gasteiger partial charge in [0.15, 0.2) is 0 Å². The van der Waals surface area contributed by atoms with Crippen LogP contribution in [0.3, 0.4) is 0 Å². The Morgan fingerprint density at radius 1 is 1.29 bits per heavy atom. The number of carbonyl (C=O) groups is 1. The highest BCUT2D eigenvalue weighted by Gasteiger charge is 2.14. The van der Waals surface area contributed by atoms with Crippen molar-refractivity contribution < 1.29 is 4.79 Å². The maximum Gasteiger partial charge on any atom is 0.220 e.